The molecule has 96 valence electrons. The monoisotopic (exact) mass is 317 g/mol. The van der Waals surface area contributed by atoms with Gasteiger partial charge in [0.2, 0.25) is 0 Å². The smallest absolute Gasteiger partial charge is 1.00 e. The van der Waals surface area contributed by atoms with Crippen molar-refractivity contribution in [2.45, 2.75) is 27.7 Å². The molecule has 1 aromatic rings. The second-order valence-electron chi connectivity index (χ2n) is 3.81. The van der Waals surface area contributed by atoms with E-state index in [-0.39, 0.29) is 46.5 Å². The second kappa shape index (κ2) is 11.9. The van der Waals surface area contributed by atoms with Crippen LogP contribution >= 0.6 is 0 Å². The van der Waals surface area contributed by atoms with Gasteiger partial charge in [-0.15, -0.1) is 24.0 Å². The van der Waals surface area contributed by atoms with E-state index < -0.39 is 0 Å². The van der Waals surface area contributed by atoms with E-state index in [1.54, 1.807) is 0 Å². The number of hydrogen-bond acceptors (Lipinski definition) is 0. The molecule has 1 aliphatic rings. The molecule has 0 saturated carbocycles. The van der Waals surface area contributed by atoms with Gasteiger partial charge in [0.15, 0.2) is 0 Å². The summed E-state index contributed by atoms with van der Waals surface area (Å²) in [6, 6.07) is 0. The van der Waals surface area contributed by atoms with Gasteiger partial charge < -0.3 is 29.8 Å². The Hall–Kier alpha value is -0.206. The zero-order valence-electron chi connectivity index (χ0n) is 11.1. The molecular formula is C14H17Cl2NTi. The number of halogens is 2. The summed E-state index contributed by atoms with van der Waals surface area (Å²) in [5, 5.41) is 0. The van der Waals surface area contributed by atoms with Gasteiger partial charge in [-0.25, -0.2) is 0 Å². The van der Waals surface area contributed by atoms with E-state index in [1.807, 2.05) is 25.3 Å². The van der Waals surface area contributed by atoms with Crippen molar-refractivity contribution < 1.29 is 46.5 Å². The van der Waals surface area contributed by atoms with E-state index in [4.69, 9.17) is 0 Å². The van der Waals surface area contributed by atoms with Crippen LogP contribution in [0.3, 0.4) is 0 Å². The second-order valence-corrected chi connectivity index (χ2v) is 3.81. The molecule has 0 radical (unpaired) electrons. The van der Waals surface area contributed by atoms with Crippen LogP contribution < -0.4 is 24.8 Å². The zero-order valence-corrected chi connectivity index (χ0v) is 14.1. The number of nitrogens with one attached hydrogen (secondary N) is 1. The van der Waals surface area contributed by atoms with Crippen molar-refractivity contribution in [3.05, 3.63) is 59.0 Å². The Morgan fingerprint density at radius 3 is 1.94 bits per heavy atom. The van der Waals surface area contributed by atoms with Crippen LogP contribution in [0.15, 0.2) is 35.6 Å². The summed E-state index contributed by atoms with van der Waals surface area (Å²) in [6.45, 7) is 8.27. The molecule has 0 saturated heterocycles. The molecule has 0 amide bonds. The van der Waals surface area contributed by atoms with Gasteiger partial charge in [0.25, 0.3) is 0 Å². The number of rotatable bonds is 0. The largest absolute Gasteiger partial charge is 4.00 e. The molecule has 1 N–H and O–H groups in total. The molecule has 2 rings (SSSR count). The molecule has 0 fully saturated rings. The Labute approximate surface area is 138 Å². The van der Waals surface area contributed by atoms with Gasteiger partial charge in [0.1, 0.15) is 0 Å². The minimum atomic E-state index is 0. The minimum Gasteiger partial charge on any atom is -1.00 e. The van der Waals surface area contributed by atoms with Gasteiger partial charge in [-0.05, 0) is 0 Å². The van der Waals surface area contributed by atoms with E-state index in [1.165, 1.54) is 22.3 Å². The first-order valence-corrected chi connectivity index (χ1v) is 5.07. The molecule has 1 aliphatic carbocycles. The Balaban J connectivity index is -0.000000215. The summed E-state index contributed by atoms with van der Waals surface area (Å²) in [7, 11) is 0. The van der Waals surface area contributed by atoms with Crippen LogP contribution in [0, 0.1) is 26.1 Å². The first-order chi connectivity index (χ1) is 7.11. The number of H-pyrrole nitrogens is 1. The molecule has 0 bridgehead atoms. The molecule has 18 heavy (non-hydrogen) atoms. The minimum absolute atomic E-state index is 0. The van der Waals surface area contributed by atoms with Crippen LogP contribution in [-0.2, 0) is 21.7 Å². The number of allylic oxidation sites excluding steroid dienone is 6. The Morgan fingerprint density at radius 2 is 1.78 bits per heavy atom. The van der Waals surface area contributed by atoms with E-state index in [2.05, 4.69) is 44.1 Å². The van der Waals surface area contributed by atoms with Gasteiger partial charge in [0, 0.05) is 0 Å². The van der Waals surface area contributed by atoms with Crippen LogP contribution in [0.4, 0.5) is 0 Å². The number of aromatic nitrogens is 1. The average Bonchev–Trinajstić information content (AvgIpc) is 2.80. The maximum absolute atomic E-state index is 3.10. The van der Waals surface area contributed by atoms with Crippen molar-refractivity contribution in [3.63, 3.8) is 0 Å². The summed E-state index contributed by atoms with van der Waals surface area (Å²) in [4.78, 5) is 2.87. The molecule has 0 spiro atoms. The van der Waals surface area contributed by atoms with Gasteiger partial charge in [-0.3, -0.25) is 0 Å². The fourth-order valence-electron chi connectivity index (χ4n) is 1.10. The summed E-state index contributed by atoms with van der Waals surface area (Å²) in [5.41, 5.74) is 5.04. The molecule has 0 aliphatic heterocycles. The van der Waals surface area contributed by atoms with Gasteiger partial charge in [0.05, 0.1) is 0 Å². The zero-order chi connectivity index (χ0) is 11.3. The maximum atomic E-state index is 3.10. The van der Waals surface area contributed by atoms with E-state index in [9.17, 15) is 0 Å². The van der Waals surface area contributed by atoms with Crippen LogP contribution in [0.1, 0.15) is 25.0 Å². The molecule has 4 heteroatoms. The Bertz CT molecular complexity index is 383. The number of aryl methyl sites for hydroxylation is 2. The number of hydrogen-bond donors (Lipinski definition) is 1. The third kappa shape index (κ3) is 7.99. The third-order valence-electron chi connectivity index (χ3n) is 2.28. The Kier molecular flexibility index (Phi) is 15.1. The predicted octanol–water partition coefficient (Wildman–Crippen LogP) is -2.31. The normalized spacial score (nSPS) is 10.6. The summed E-state index contributed by atoms with van der Waals surface area (Å²) >= 11 is 0. The molecule has 0 unspecified atom stereocenters. The van der Waals surface area contributed by atoms with Gasteiger partial charge >= 0.3 is 21.7 Å². The number of aromatic amines is 1. The van der Waals surface area contributed by atoms with Crippen molar-refractivity contribution in [1.82, 2.24) is 4.98 Å². The molecule has 1 aromatic heterocycles. The summed E-state index contributed by atoms with van der Waals surface area (Å²) in [5.74, 6) is 0. The van der Waals surface area contributed by atoms with Crippen molar-refractivity contribution in [1.29, 1.82) is 0 Å². The molecule has 1 nitrogen and oxygen atoms in total. The van der Waals surface area contributed by atoms with Crippen LogP contribution in [0.25, 0.3) is 0 Å². The van der Waals surface area contributed by atoms with Crippen molar-refractivity contribution in [2.24, 2.45) is 0 Å². The first kappa shape index (κ1) is 22.9. The first-order valence-electron chi connectivity index (χ1n) is 5.07. The SMILES string of the molecule is CC(C)=C1[C-]=CC=C1.Cc1[c-][nH]cc1C.[Cl-].[Cl-].[Ti+4]. The topological polar surface area (TPSA) is 15.8 Å². The van der Waals surface area contributed by atoms with E-state index in [0.29, 0.717) is 0 Å². The predicted molar refractivity (Wildman–Crippen MR) is 64.4 cm³/mol. The fourth-order valence-corrected chi connectivity index (χ4v) is 1.10. The van der Waals surface area contributed by atoms with E-state index >= 15 is 0 Å². The fraction of sp³-hybridized carbons (Fsp3) is 0.286. The van der Waals surface area contributed by atoms with Crippen LogP contribution in [-0.4, -0.2) is 4.98 Å². The van der Waals surface area contributed by atoms with Crippen molar-refractivity contribution >= 4 is 0 Å². The van der Waals surface area contributed by atoms with Crippen molar-refractivity contribution in [3.8, 4) is 0 Å². The van der Waals surface area contributed by atoms with Gasteiger partial charge in [-0.2, -0.15) is 34.9 Å². The quantitative estimate of drug-likeness (QED) is 0.409. The molecule has 0 atom stereocenters. The standard InChI is InChI=1S/C8H9.C6H8N.2ClH.Ti/c1-7(2)8-5-3-4-6-8;1-5-3-7-4-6(5)2;;;/h3-5H,1-2H3;3,7H,1-2H3;2*1H;/q2*-1;;;+4/p-2. The van der Waals surface area contributed by atoms with Gasteiger partial charge in [-0.1, -0.05) is 27.7 Å². The average molecular weight is 318 g/mol. The molecule has 1 heterocycles. The summed E-state index contributed by atoms with van der Waals surface area (Å²) in [6.07, 6.45) is 14.0. The maximum Gasteiger partial charge on any atom is 4.00 e. The molecule has 0 aromatic carbocycles. The van der Waals surface area contributed by atoms with Crippen LogP contribution in [0.5, 0.6) is 0 Å². The third-order valence-corrected chi connectivity index (χ3v) is 2.28. The summed E-state index contributed by atoms with van der Waals surface area (Å²) < 4.78 is 0. The van der Waals surface area contributed by atoms with Crippen LogP contribution in [0.2, 0.25) is 0 Å². The van der Waals surface area contributed by atoms with E-state index in [0.717, 1.165) is 0 Å². The van der Waals surface area contributed by atoms with Crippen molar-refractivity contribution in [2.75, 3.05) is 0 Å². The molecular weight excluding hydrogens is 301 g/mol. The Morgan fingerprint density at radius 1 is 1.17 bits per heavy atom.